The average molecular weight is 563 g/mol. The number of aliphatic hydroxyl groups is 2. The lowest BCUT2D eigenvalue weighted by molar-refractivity contribution is -0.168. The predicted octanol–water partition coefficient (Wildman–Crippen LogP) is 2.38. The highest BCUT2D eigenvalue weighted by Crippen LogP contribution is 2.45. The van der Waals surface area contributed by atoms with Gasteiger partial charge < -0.3 is 29.2 Å². The second-order valence-corrected chi connectivity index (χ2v) is 10.4. The first-order valence-electron chi connectivity index (χ1n) is 13.3. The second kappa shape index (κ2) is 11.3. The number of ether oxygens (including phenoxy) is 4. The zero-order chi connectivity index (χ0) is 29.3. The van der Waals surface area contributed by atoms with E-state index in [1.165, 1.54) is 13.1 Å². The molecule has 0 spiro atoms. The molecular formula is C31H34N2O8. The van der Waals surface area contributed by atoms with Crippen LogP contribution in [0.3, 0.4) is 0 Å². The Balaban J connectivity index is 1.55. The number of methoxy groups -OCH3 is 2. The van der Waals surface area contributed by atoms with Crippen LogP contribution < -0.4 is 11.2 Å². The van der Waals surface area contributed by atoms with Crippen molar-refractivity contribution in [3.05, 3.63) is 129 Å². The molecule has 1 saturated heterocycles. The quantitative estimate of drug-likeness (QED) is 0.339. The van der Waals surface area contributed by atoms with Gasteiger partial charge in [0.25, 0.3) is 5.56 Å². The smallest absolute Gasteiger partial charge is 0.330 e. The zero-order valence-electron chi connectivity index (χ0n) is 23.1. The summed E-state index contributed by atoms with van der Waals surface area (Å²) >= 11 is 0. The van der Waals surface area contributed by atoms with Crippen LogP contribution in [0.1, 0.15) is 30.7 Å². The maximum absolute atomic E-state index is 12.5. The molecule has 0 radical (unpaired) electrons. The number of hydrogen-bond acceptors (Lipinski definition) is 8. The van der Waals surface area contributed by atoms with E-state index in [4.69, 9.17) is 18.9 Å². The summed E-state index contributed by atoms with van der Waals surface area (Å²) in [7, 11) is 3.17. The molecule has 3 aromatic rings. The van der Waals surface area contributed by atoms with E-state index in [9.17, 15) is 19.8 Å². The van der Waals surface area contributed by atoms with Crippen LogP contribution >= 0.6 is 0 Å². The van der Waals surface area contributed by atoms with E-state index in [1.54, 1.807) is 14.2 Å². The molecule has 2 heterocycles. The topological polar surface area (TPSA) is 132 Å². The van der Waals surface area contributed by atoms with Gasteiger partial charge >= 0.3 is 5.69 Å². The summed E-state index contributed by atoms with van der Waals surface area (Å²) in [6.07, 6.45) is 3.69. The summed E-state index contributed by atoms with van der Waals surface area (Å²) < 4.78 is 25.2. The van der Waals surface area contributed by atoms with Crippen LogP contribution in [0, 0.1) is 0 Å². The minimum Gasteiger partial charge on any atom is -0.387 e. The van der Waals surface area contributed by atoms with Crippen LogP contribution in [0.5, 0.6) is 0 Å². The molecule has 4 atom stereocenters. The van der Waals surface area contributed by atoms with Gasteiger partial charge in [0.15, 0.2) is 12.0 Å². The Bertz CT molecular complexity index is 1480. The predicted molar refractivity (Wildman–Crippen MR) is 150 cm³/mol. The molecule has 0 unspecified atom stereocenters. The van der Waals surface area contributed by atoms with Crippen molar-refractivity contribution in [1.29, 1.82) is 0 Å². The van der Waals surface area contributed by atoms with E-state index in [1.807, 2.05) is 78.9 Å². The van der Waals surface area contributed by atoms with Crippen LogP contribution in [0.2, 0.25) is 0 Å². The molecule has 2 aromatic carbocycles. The molecule has 10 nitrogen and oxygen atoms in total. The highest BCUT2D eigenvalue weighted by atomic mass is 16.7. The second-order valence-electron chi connectivity index (χ2n) is 10.4. The van der Waals surface area contributed by atoms with E-state index in [2.05, 4.69) is 4.98 Å². The van der Waals surface area contributed by atoms with Gasteiger partial charge in [0.05, 0.1) is 6.61 Å². The molecule has 1 aliphatic heterocycles. The van der Waals surface area contributed by atoms with Gasteiger partial charge in [-0.05, 0) is 29.7 Å². The fourth-order valence-electron chi connectivity index (χ4n) is 5.54. The zero-order valence-corrected chi connectivity index (χ0v) is 23.1. The summed E-state index contributed by atoms with van der Waals surface area (Å²) in [6.45, 7) is 1.23. The number of nitrogens with zero attached hydrogens (tertiary/aromatic N) is 1. The van der Waals surface area contributed by atoms with Crippen LogP contribution in [-0.2, 0) is 24.5 Å². The molecule has 2 aliphatic rings. The SMILES string of the molecule is COC1(OC)C=CC(C(OC[C@H]2O[C@@H](n3ccc(=O)[nH]c3=O)[C@](C)(O)[C@@H]2O)(c2ccccc2)c2ccccc2)=CC1. The minimum absolute atomic E-state index is 0.152. The highest BCUT2D eigenvalue weighted by Gasteiger charge is 2.54. The first kappa shape index (κ1) is 28.9. The van der Waals surface area contributed by atoms with E-state index >= 15 is 0 Å². The number of aliphatic hydroxyl groups excluding tert-OH is 1. The monoisotopic (exact) mass is 562 g/mol. The van der Waals surface area contributed by atoms with Crippen LogP contribution in [0.25, 0.3) is 0 Å². The van der Waals surface area contributed by atoms with Gasteiger partial charge in [-0.1, -0.05) is 72.8 Å². The lowest BCUT2D eigenvalue weighted by Crippen LogP contribution is -2.47. The van der Waals surface area contributed by atoms with Crippen molar-refractivity contribution < 1.29 is 29.2 Å². The van der Waals surface area contributed by atoms with Crippen LogP contribution in [0.15, 0.2) is 106 Å². The van der Waals surface area contributed by atoms with Gasteiger partial charge in [-0.3, -0.25) is 14.3 Å². The third kappa shape index (κ3) is 5.14. The average Bonchev–Trinajstić information content (AvgIpc) is 3.22. The molecule has 1 aromatic heterocycles. The molecule has 41 heavy (non-hydrogen) atoms. The Morgan fingerprint density at radius 3 is 2.15 bits per heavy atom. The van der Waals surface area contributed by atoms with Gasteiger partial charge in [-0.25, -0.2) is 4.79 Å². The molecule has 10 heteroatoms. The molecule has 1 aliphatic carbocycles. The van der Waals surface area contributed by atoms with E-state index in [0.29, 0.717) is 6.42 Å². The van der Waals surface area contributed by atoms with Gasteiger partial charge in [-0.2, -0.15) is 0 Å². The number of aromatic nitrogens is 2. The van der Waals surface area contributed by atoms with Crippen molar-refractivity contribution in [3.63, 3.8) is 0 Å². The fourth-order valence-corrected chi connectivity index (χ4v) is 5.54. The lowest BCUT2D eigenvalue weighted by Gasteiger charge is -2.40. The number of rotatable bonds is 9. The molecule has 5 rings (SSSR count). The summed E-state index contributed by atoms with van der Waals surface area (Å²) in [5, 5.41) is 22.4. The minimum atomic E-state index is -1.86. The molecule has 0 amide bonds. The normalized spacial score (nSPS) is 25.7. The van der Waals surface area contributed by atoms with Crippen LogP contribution in [-0.4, -0.2) is 64.2 Å². The number of nitrogens with one attached hydrogen (secondary N) is 1. The Morgan fingerprint density at radius 2 is 1.63 bits per heavy atom. The molecular weight excluding hydrogens is 528 g/mol. The third-order valence-electron chi connectivity index (χ3n) is 7.90. The third-order valence-corrected chi connectivity index (χ3v) is 7.90. The molecule has 216 valence electrons. The van der Waals surface area contributed by atoms with Crippen molar-refractivity contribution >= 4 is 0 Å². The summed E-state index contributed by atoms with van der Waals surface area (Å²) in [5.74, 6) is -0.913. The number of aromatic amines is 1. The number of hydrogen-bond donors (Lipinski definition) is 3. The van der Waals surface area contributed by atoms with Crippen molar-refractivity contribution in [2.24, 2.45) is 0 Å². The molecule has 3 N–H and O–H groups in total. The molecule has 0 saturated carbocycles. The number of H-pyrrole nitrogens is 1. The van der Waals surface area contributed by atoms with Crippen molar-refractivity contribution in [3.8, 4) is 0 Å². The molecule has 1 fully saturated rings. The van der Waals surface area contributed by atoms with Crippen molar-refractivity contribution in [1.82, 2.24) is 9.55 Å². The maximum Gasteiger partial charge on any atom is 0.330 e. The fraction of sp³-hybridized carbons (Fsp3) is 0.355. The lowest BCUT2D eigenvalue weighted by atomic mass is 9.77. The van der Waals surface area contributed by atoms with Crippen LogP contribution in [0.4, 0.5) is 0 Å². The van der Waals surface area contributed by atoms with Gasteiger partial charge in [0, 0.05) is 32.9 Å². The summed E-state index contributed by atoms with van der Waals surface area (Å²) in [4.78, 5) is 26.2. The summed E-state index contributed by atoms with van der Waals surface area (Å²) in [5.41, 5.74) is -1.88. The Labute approximate surface area is 237 Å². The largest absolute Gasteiger partial charge is 0.387 e. The van der Waals surface area contributed by atoms with E-state index < -0.39 is 46.7 Å². The molecule has 0 bridgehead atoms. The number of benzene rings is 2. The van der Waals surface area contributed by atoms with Gasteiger partial charge in [-0.15, -0.1) is 0 Å². The first-order valence-corrected chi connectivity index (χ1v) is 13.3. The highest BCUT2D eigenvalue weighted by molar-refractivity contribution is 5.51. The summed E-state index contributed by atoms with van der Waals surface area (Å²) in [6, 6.07) is 20.5. The van der Waals surface area contributed by atoms with E-state index in [-0.39, 0.29) is 6.61 Å². The van der Waals surface area contributed by atoms with Crippen molar-refractivity contribution in [2.45, 2.75) is 48.8 Å². The Hall–Kier alpha value is -3.64. The first-order chi connectivity index (χ1) is 19.7. The maximum atomic E-state index is 12.5. The van der Waals surface area contributed by atoms with E-state index in [0.717, 1.165) is 27.3 Å². The van der Waals surface area contributed by atoms with Crippen molar-refractivity contribution in [2.75, 3.05) is 20.8 Å². The van der Waals surface area contributed by atoms with Gasteiger partial charge in [0.2, 0.25) is 0 Å². The standard InChI is InChI=1S/C31H34N2O8/c1-29(37)26(35)24(41-27(29)33-19-16-25(34)32-28(33)36)20-40-31(21-10-6-4-7-11-21,22-12-8-5-9-13-22)23-14-17-30(38-2,39-3)18-15-23/h4-17,19,24,26-27,35,37H,18,20H2,1-3H3,(H,32,34,36)/t24-,26-,27-,29-/m1/s1. The Kier molecular flexibility index (Phi) is 7.97. The Morgan fingerprint density at radius 1 is 1.02 bits per heavy atom. The van der Waals surface area contributed by atoms with Gasteiger partial charge in [0.1, 0.15) is 23.4 Å².